The number of benzene rings is 2. The van der Waals surface area contributed by atoms with Gasteiger partial charge in [0.2, 0.25) is 5.91 Å². The monoisotopic (exact) mass is 482 g/mol. The van der Waals surface area contributed by atoms with Crippen LogP contribution in [0.4, 0.5) is 4.79 Å². The minimum atomic E-state index is -0.958. The number of nitrogens with one attached hydrogen (secondary N) is 2. The fraction of sp³-hybridized carbons (Fsp3) is 0.444. The van der Waals surface area contributed by atoms with Gasteiger partial charge >= 0.3 is 12.1 Å². The molecule has 3 rings (SSSR count). The lowest BCUT2D eigenvalue weighted by Crippen LogP contribution is -2.50. The van der Waals surface area contributed by atoms with Crippen molar-refractivity contribution in [2.45, 2.75) is 38.6 Å². The number of fused-ring (bicyclic) bond motifs is 3. The van der Waals surface area contributed by atoms with Crippen LogP contribution in [0.5, 0.6) is 0 Å². The van der Waals surface area contributed by atoms with Crippen molar-refractivity contribution in [1.82, 2.24) is 10.6 Å². The highest BCUT2D eigenvalue weighted by atomic mass is 16.5. The van der Waals surface area contributed by atoms with Crippen molar-refractivity contribution in [3.8, 4) is 11.1 Å². The zero-order chi connectivity index (χ0) is 25.4. The maximum Gasteiger partial charge on any atom is 0.407 e. The van der Waals surface area contributed by atoms with Gasteiger partial charge in [-0.2, -0.15) is 0 Å². The molecule has 0 unspecified atom stereocenters. The number of amides is 2. The van der Waals surface area contributed by atoms with Crippen LogP contribution in [-0.2, 0) is 19.1 Å². The van der Waals surface area contributed by atoms with E-state index in [1.54, 1.807) is 0 Å². The van der Waals surface area contributed by atoms with Crippen LogP contribution in [0.25, 0.3) is 11.1 Å². The summed E-state index contributed by atoms with van der Waals surface area (Å²) in [5, 5.41) is 14.5. The number of rotatable bonds is 12. The van der Waals surface area contributed by atoms with E-state index in [0.29, 0.717) is 12.3 Å². The number of carbonyl (C=O) groups is 3. The van der Waals surface area contributed by atoms with Gasteiger partial charge in [0.1, 0.15) is 12.6 Å². The van der Waals surface area contributed by atoms with Crippen LogP contribution in [0.15, 0.2) is 48.5 Å². The van der Waals surface area contributed by atoms with Crippen LogP contribution in [0, 0.1) is 11.8 Å². The van der Waals surface area contributed by atoms with Gasteiger partial charge in [0, 0.05) is 26.0 Å². The van der Waals surface area contributed by atoms with Crippen LogP contribution in [0.1, 0.15) is 43.7 Å². The van der Waals surface area contributed by atoms with Crippen LogP contribution in [0.2, 0.25) is 0 Å². The number of carbonyl (C=O) groups excluding carboxylic acids is 2. The zero-order valence-electron chi connectivity index (χ0n) is 20.5. The summed E-state index contributed by atoms with van der Waals surface area (Å²) in [6, 6.07) is 15.1. The molecule has 1 aliphatic carbocycles. The molecule has 3 N–H and O–H groups in total. The Bertz CT molecular complexity index is 992. The third kappa shape index (κ3) is 7.05. The average Bonchev–Trinajstić information content (AvgIpc) is 3.14. The second kappa shape index (κ2) is 12.4. The van der Waals surface area contributed by atoms with Gasteiger partial charge < -0.3 is 25.2 Å². The van der Waals surface area contributed by atoms with Gasteiger partial charge in [-0.3, -0.25) is 9.59 Å². The lowest BCUT2D eigenvalue weighted by Gasteiger charge is -2.22. The quantitative estimate of drug-likeness (QED) is 0.424. The van der Waals surface area contributed by atoms with Crippen LogP contribution in [-0.4, -0.2) is 56.0 Å². The van der Waals surface area contributed by atoms with Gasteiger partial charge in [-0.1, -0.05) is 62.4 Å². The highest BCUT2D eigenvalue weighted by Gasteiger charge is 2.30. The summed E-state index contributed by atoms with van der Waals surface area (Å²) in [5.74, 6) is -1.34. The molecule has 0 saturated carbocycles. The van der Waals surface area contributed by atoms with Crippen molar-refractivity contribution in [1.29, 1.82) is 0 Å². The van der Waals surface area contributed by atoms with E-state index in [9.17, 15) is 14.4 Å². The van der Waals surface area contributed by atoms with E-state index >= 15 is 0 Å². The number of ether oxygens (including phenoxy) is 2. The van der Waals surface area contributed by atoms with Gasteiger partial charge in [-0.05, 0) is 40.5 Å². The maximum absolute atomic E-state index is 12.7. The van der Waals surface area contributed by atoms with Crippen molar-refractivity contribution < 1.29 is 29.0 Å². The summed E-state index contributed by atoms with van der Waals surface area (Å²) in [4.78, 5) is 36.5. The number of carboxylic acid groups (broad SMARTS) is 1. The SMILES string of the molecule is COC[C@H](NC(=O)OCC1c2ccccc2-c2ccccc21)C(=O)NC[C@H](CC(=O)O)CC(C)C. The van der Waals surface area contributed by atoms with E-state index in [2.05, 4.69) is 22.8 Å². The molecule has 0 aromatic heterocycles. The Labute approximate surface area is 206 Å². The molecule has 1 aliphatic rings. The average molecular weight is 483 g/mol. The van der Waals surface area contributed by atoms with Gasteiger partial charge in [-0.25, -0.2) is 4.79 Å². The van der Waals surface area contributed by atoms with Gasteiger partial charge in [0.05, 0.1) is 6.61 Å². The van der Waals surface area contributed by atoms with Crippen molar-refractivity contribution in [2.75, 3.05) is 26.9 Å². The molecule has 8 nitrogen and oxygen atoms in total. The Kier molecular flexibility index (Phi) is 9.25. The summed E-state index contributed by atoms with van der Waals surface area (Å²) >= 11 is 0. The molecule has 0 radical (unpaired) electrons. The first-order valence-corrected chi connectivity index (χ1v) is 11.9. The molecule has 2 atom stereocenters. The first-order valence-electron chi connectivity index (χ1n) is 11.9. The van der Waals surface area contributed by atoms with E-state index in [1.165, 1.54) is 7.11 Å². The highest BCUT2D eigenvalue weighted by molar-refractivity contribution is 5.86. The van der Waals surface area contributed by atoms with Crippen molar-refractivity contribution in [3.63, 3.8) is 0 Å². The molecule has 188 valence electrons. The Morgan fingerprint density at radius 3 is 2.14 bits per heavy atom. The molecule has 0 aliphatic heterocycles. The number of alkyl carbamates (subject to hydrolysis) is 1. The number of hydrogen-bond donors (Lipinski definition) is 3. The van der Waals surface area contributed by atoms with Crippen molar-refractivity contribution >= 4 is 18.0 Å². The van der Waals surface area contributed by atoms with Crippen LogP contribution < -0.4 is 10.6 Å². The molecule has 0 heterocycles. The first-order chi connectivity index (χ1) is 16.8. The number of aliphatic carboxylic acids is 1. The number of methoxy groups -OCH3 is 1. The highest BCUT2D eigenvalue weighted by Crippen LogP contribution is 2.44. The van der Waals surface area contributed by atoms with Crippen molar-refractivity contribution in [2.24, 2.45) is 11.8 Å². The Hall–Kier alpha value is -3.39. The normalized spacial score (nSPS) is 14.1. The third-order valence-electron chi connectivity index (χ3n) is 6.12. The van der Waals surface area contributed by atoms with E-state index in [1.807, 2.05) is 50.2 Å². The fourth-order valence-electron chi connectivity index (χ4n) is 4.65. The summed E-state index contributed by atoms with van der Waals surface area (Å²) in [6.45, 7) is 4.31. The Morgan fingerprint density at radius 2 is 1.60 bits per heavy atom. The van der Waals surface area contributed by atoms with E-state index in [4.69, 9.17) is 14.6 Å². The predicted molar refractivity (Wildman–Crippen MR) is 132 cm³/mol. The number of carboxylic acids is 1. The fourth-order valence-corrected chi connectivity index (χ4v) is 4.65. The van der Waals surface area contributed by atoms with E-state index < -0.39 is 24.0 Å². The van der Waals surface area contributed by atoms with Gasteiger partial charge in [0.15, 0.2) is 0 Å². The minimum absolute atomic E-state index is 0.0345. The van der Waals surface area contributed by atoms with Crippen LogP contribution in [0.3, 0.4) is 0 Å². The van der Waals surface area contributed by atoms with Crippen molar-refractivity contribution in [3.05, 3.63) is 59.7 Å². The standard InChI is InChI=1S/C27H34N2O6/c1-17(2)12-18(13-25(30)31)14-28-26(32)24(16-34-3)29-27(33)35-15-23-21-10-6-4-8-19(21)20-9-5-7-11-22(20)23/h4-11,17-18,23-24H,12-16H2,1-3H3,(H,28,32)(H,29,33)(H,30,31)/t18-,24-/m0/s1. The largest absolute Gasteiger partial charge is 0.481 e. The zero-order valence-corrected chi connectivity index (χ0v) is 20.5. The lowest BCUT2D eigenvalue weighted by atomic mass is 9.94. The summed E-state index contributed by atoms with van der Waals surface area (Å²) in [7, 11) is 1.44. The first kappa shape index (κ1) is 26.2. The van der Waals surface area contributed by atoms with E-state index in [0.717, 1.165) is 22.3 Å². The lowest BCUT2D eigenvalue weighted by molar-refractivity contribution is -0.138. The molecule has 2 aromatic rings. The molecule has 8 heteroatoms. The van der Waals surface area contributed by atoms with Gasteiger partial charge in [0.25, 0.3) is 0 Å². The smallest absolute Gasteiger partial charge is 0.407 e. The predicted octanol–water partition coefficient (Wildman–Crippen LogP) is 3.79. The van der Waals surface area contributed by atoms with Gasteiger partial charge in [-0.15, -0.1) is 0 Å². The van der Waals surface area contributed by atoms with E-state index in [-0.39, 0.29) is 38.0 Å². The molecule has 2 aromatic carbocycles. The van der Waals surface area contributed by atoms with Crippen LogP contribution >= 0.6 is 0 Å². The minimum Gasteiger partial charge on any atom is -0.481 e. The molecule has 2 amide bonds. The molecule has 0 fully saturated rings. The number of hydrogen-bond acceptors (Lipinski definition) is 5. The summed E-state index contributed by atoms with van der Waals surface area (Å²) < 4.78 is 10.6. The Balaban J connectivity index is 1.58. The molecular weight excluding hydrogens is 448 g/mol. The Morgan fingerprint density at radius 1 is 1.00 bits per heavy atom. The molecule has 35 heavy (non-hydrogen) atoms. The molecule has 0 bridgehead atoms. The maximum atomic E-state index is 12.7. The second-order valence-electron chi connectivity index (χ2n) is 9.32. The topological polar surface area (TPSA) is 114 Å². The molecule has 0 saturated heterocycles. The molecule has 0 spiro atoms. The molecular formula is C27H34N2O6. The second-order valence-corrected chi connectivity index (χ2v) is 9.32. The third-order valence-corrected chi connectivity index (χ3v) is 6.12. The summed E-state index contributed by atoms with van der Waals surface area (Å²) in [5.41, 5.74) is 4.46. The summed E-state index contributed by atoms with van der Waals surface area (Å²) in [6.07, 6.45) is -0.0810.